The molecule has 0 aromatic carbocycles. The number of hydrogen-bond donors (Lipinski definition) is 2. The van der Waals surface area contributed by atoms with Crippen molar-refractivity contribution in [2.75, 3.05) is 36.9 Å². The SMILES string of the molecule is CNC1CN(c2ccnc(NCC3CCC4C[C@H]3C4C(C)C)n2)C1. The van der Waals surface area contributed by atoms with E-state index in [4.69, 9.17) is 4.98 Å². The topological polar surface area (TPSA) is 53.1 Å². The Morgan fingerprint density at radius 2 is 2.12 bits per heavy atom. The van der Waals surface area contributed by atoms with Gasteiger partial charge in [0, 0.05) is 31.9 Å². The number of hydrogen-bond acceptors (Lipinski definition) is 5. The highest BCUT2D eigenvalue weighted by atomic mass is 15.3. The Labute approximate surface area is 145 Å². The highest BCUT2D eigenvalue weighted by Crippen LogP contribution is 2.56. The van der Waals surface area contributed by atoms with Crippen molar-refractivity contribution in [3.8, 4) is 0 Å². The molecule has 1 aromatic rings. The molecule has 4 atom stereocenters. The minimum atomic E-state index is 0.596. The third-order valence-electron chi connectivity index (χ3n) is 6.67. The molecular weight excluding hydrogens is 298 g/mol. The molecule has 0 amide bonds. The maximum atomic E-state index is 4.72. The fraction of sp³-hybridized carbons (Fsp3) is 0.789. The van der Waals surface area contributed by atoms with Crippen LogP contribution in [0.5, 0.6) is 0 Å². The minimum absolute atomic E-state index is 0.596. The third-order valence-corrected chi connectivity index (χ3v) is 6.67. The molecule has 4 aliphatic rings. The van der Waals surface area contributed by atoms with Crippen molar-refractivity contribution in [3.63, 3.8) is 0 Å². The molecule has 1 saturated heterocycles. The molecule has 1 aromatic heterocycles. The maximum Gasteiger partial charge on any atom is 0.224 e. The normalized spacial score (nSPS) is 32.4. The van der Waals surface area contributed by atoms with Crippen molar-refractivity contribution in [1.29, 1.82) is 0 Å². The van der Waals surface area contributed by atoms with Crippen molar-refractivity contribution in [1.82, 2.24) is 15.3 Å². The lowest BCUT2D eigenvalue weighted by atomic mass is 9.50. The molecule has 132 valence electrons. The van der Waals surface area contributed by atoms with Crippen molar-refractivity contribution < 1.29 is 0 Å². The van der Waals surface area contributed by atoms with Gasteiger partial charge in [-0.15, -0.1) is 0 Å². The largest absolute Gasteiger partial charge is 0.354 e. The van der Waals surface area contributed by atoms with Gasteiger partial charge in [-0.1, -0.05) is 13.8 Å². The van der Waals surface area contributed by atoms with E-state index in [0.717, 1.165) is 61.0 Å². The number of fused-ring (bicyclic) bond motifs is 2. The van der Waals surface area contributed by atoms with Crippen molar-refractivity contribution in [2.24, 2.45) is 29.6 Å². The molecule has 0 radical (unpaired) electrons. The van der Waals surface area contributed by atoms with Gasteiger partial charge in [0.15, 0.2) is 0 Å². The average molecular weight is 329 g/mol. The van der Waals surface area contributed by atoms with Gasteiger partial charge < -0.3 is 15.5 Å². The van der Waals surface area contributed by atoms with Crippen LogP contribution in [0.25, 0.3) is 0 Å². The molecule has 2 N–H and O–H groups in total. The first kappa shape index (κ1) is 16.1. The van der Waals surface area contributed by atoms with E-state index in [1.165, 1.54) is 19.3 Å². The zero-order valence-electron chi connectivity index (χ0n) is 15.2. The predicted molar refractivity (Wildman–Crippen MR) is 98.2 cm³/mol. The number of aromatic nitrogens is 2. The Morgan fingerprint density at radius 1 is 1.29 bits per heavy atom. The van der Waals surface area contributed by atoms with E-state index in [1.807, 2.05) is 19.3 Å². The van der Waals surface area contributed by atoms with Gasteiger partial charge in [-0.2, -0.15) is 4.98 Å². The molecule has 3 saturated carbocycles. The standard InChI is InChI=1S/C19H31N5/c1-12(2)18-13-4-5-14(16(18)8-13)9-22-19-21-7-6-17(23-19)24-10-15(11-24)20-3/h6-7,12-16,18,20H,4-5,8-11H2,1-3H3,(H,21,22,23)/t13?,14?,16-,18?/m1/s1. The number of anilines is 2. The molecule has 5 rings (SSSR count). The van der Waals surface area contributed by atoms with Crippen molar-refractivity contribution in [3.05, 3.63) is 12.3 Å². The third kappa shape index (κ3) is 2.87. The van der Waals surface area contributed by atoms with Crippen LogP contribution in [-0.2, 0) is 0 Å². The smallest absolute Gasteiger partial charge is 0.224 e. The van der Waals surface area contributed by atoms with Crippen LogP contribution in [0, 0.1) is 29.6 Å². The van der Waals surface area contributed by atoms with Crippen LogP contribution in [0.1, 0.15) is 33.1 Å². The fourth-order valence-electron chi connectivity index (χ4n) is 5.25. The van der Waals surface area contributed by atoms with Gasteiger partial charge in [-0.3, -0.25) is 0 Å². The zero-order chi connectivity index (χ0) is 16.7. The van der Waals surface area contributed by atoms with E-state index >= 15 is 0 Å². The molecule has 3 unspecified atom stereocenters. The lowest BCUT2D eigenvalue weighted by molar-refractivity contribution is -0.0568. The number of rotatable bonds is 6. The highest BCUT2D eigenvalue weighted by molar-refractivity contribution is 5.45. The van der Waals surface area contributed by atoms with Crippen LogP contribution < -0.4 is 15.5 Å². The van der Waals surface area contributed by atoms with Gasteiger partial charge in [0.05, 0.1) is 0 Å². The van der Waals surface area contributed by atoms with Crippen LogP contribution in [0.4, 0.5) is 11.8 Å². The summed E-state index contributed by atoms with van der Waals surface area (Å²) in [5.41, 5.74) is 0. The fourth-order valence-corrected chi connectivity index (χ4v) is 5.25. The quantitative estimate of drug-likeness (QED) is 0.840. The Hall–Kier alpha value is -1.36. The second-order valence-electron chi connectivity index (χ2n) is 8.33. The summed E-state index contributed by atoms with van der Waals surface area (Å²) in [6.45, 7) is 7.91. The van der Waals surface area contributed by atoms with Crippen LogP contribution >= 0.6 is 0 Å². The molecule has 24 heavy (non-hydrogen) atoms. The summed E-state index contributed by atoms with van der Waals surface area (Å²) in [7, 11) is 2.02. The molecule has 1 aliphatic heterocycles. The van der Waals surface area contributed by atoms with E-state index < -0.39 is 0 Å². The molecule has 2 bridgehead atoms. The number of nitrogens with zero attached hydrogens (tertiary/aromatic N) is 3. The van der Waals surface area contributed by atoms with E-state index in [2.05, 4.69) is 34.4 Å². The Kier molecular flexibility index (Phi) is 4.37. The molecule has 3 aliphatic carbocycles. The van der Waals surface area contributed by atoms with Crippen molar-refractivity contribution >= 4 is 11.8 Å². The minimum Gasteiger partial charge on any atom is -0.354 e. The number of likely N-dealkylation sites (N-methyl/N-ethyl adjacent to an activating group) is 1. The van der Waals surface area contributed by atoms with Gasteiger partial charge >= 0.3 is 0 Å². The van der Waals surface area contributed by atoms with E-state index in [0.29, 0.717) is 6.04 Å². The van der Waals surface area contributed by atoms with Crippen LogP contribution in [0.3, 0.4) is 0 Å². The first-order valence-corrected chi connectivity index (χ1v) is 9.65. The van der Waals surface area contributed by atoms with Gasteiger partial charge in [0.2, 0.25) is 5.95 Å². The van der Waals surface area contributed by atoms with Crippen LogP contribution in [-0.4, -0.2) is 42.7 Å². The molecule has 4 fully saturated rings. The second-order valence-corrected chi connectivity index (χ2v) is 8.33. The molecule has 5 nitrogen and oxygen atoms in total. The molecule has 2 heterocycles. The first-order chi connectivity index (χ1) is 11.7. The van der Waals surface area contributed by atoms with Crippen LogP contribution in [0.2, 0.25) is 0 Å². The summed E-state index contributed by atoms with van der Waals surface area (Å²) in [6, 6.07) is 2.61. The average Bonchev–Trinajstić information content (AvgIpc) is 2.52. The summed E-state index contributed by atoms with van der Waals surface area (Å²) in [4.78, 5) is 11.5. The lowest BCUT2D eigenvalue weighted by Gasteiger charge is -2.55. The predicted octanol–water partition coefficient (Wildman–Crippen LogP) is 2.61. The highest BCUT2D eigenvalue weighted by Gasteiger charge is 2.49. The monoisotopic (exact) mass is 329 g/mol. The molecular formula is C19H31N5. The van der Waals surface area contributed by atoms with E-state index in [-0.39, 0.29) is 0 Å². The molecule has 0 spiro atoms. The van der Waals surface area contributed by atoms with Crippen LogP contribution in [0.15, 0.2) is 12.3 Å². The summed E-state index contributed by atoms with van der Waals surface area (Å²) in [6.07, 6.45) is 6.14. The first-order valence-electron chi connectivity index (χ1n) is 9.65. The van der Waals surface area contributed by atoms with Gasteiger partial charge in [0.25, 0.3) is 0 Å². The Balaban J connectivity index is 1.33. The van der Waals surface area contributed by atoms with Gasteiger partial charge in [-0.25, -0.2) is 4.98 Å². The Bertz CT molecular complexity index is 567. The molecule has 5 heteroatoms. The Morgan fingerprint density at radius 3 is 2.83 bits per heavy atom. The second kappa shape index (κ2) is 6.51. The van der Waals surface area contributed by atoms with E-state index in [1.54, 1.807) is 0 Å². The van der Waals surface area contributed by atoms with Gasteiger partial charge in [-0.05, 0) is 62.0 Å². The zero-order valence-corrected chi connectivity index (χ0v) is 15.2. The summed E-state index contributed by atoms with van der Waals surface area (Å²) in [5, 5.41) is 6.84. The summed E-state index contributed by atoms with van der Waals surface area (Å²) < 4.78 is 0. The summed E-state index contributed by atoms with van der Waals surface area (Å²) in [5.74, 6) is 6.37. The summed E-state index contributed by atoms with van der Waals surface area (Å²) >= 11 is 0. The number of nitrogens with one attached hydrogen (secondary N) is 2. The lowest BCUT2D eigenvalue weighted by Crippen LogP contribution is -2.57. The maximum absolute atomic E-state index is 4.72. The van der Waals surface area contributed by atoms with E-state index in [9.17, 15) is 0 Å². The van der Waals surface area contributed by atoms with Gasteiger partial charge in [0.1, 0.15) is 5.82 Å². The van der Waals surface area contributed by atoms with Crippen molar-refractivity contribution in [2.45, 2.75) is 39.2 Å².